The van der Waals surface area contributed by atoms with Crippen molar-refractivity contribution in [2.24, 2.45) is 0 Å². The van der Waals surface area contributed by atoms with Gasteiger partial charge in [0, 0.05) is 23.3 Å². The van der Waals surface area contributed by atoms with Crippen molar-refractivity contribution in [2.75, 3.05) is 0 Å². The van der Waals surface area contributed by atoms with Crippen LogP contribution < -0.4 is 0 Å². The molecular formula is C15H10N4. The molecule has 0 aliphatic heterocycles. The smallest absolute Gasteiger partial charge is 0.178 e. The molecule has 0 bridgehead atoms. The molecule has 3 aromatic heterocycles. The SMILES string of the molecule is c1cnc2ccc(-c3nc4ncccc4[nH]3)cc2c1. The maximum Gasteiger partial charge on any atom is 0.178 e. The lowest BCUT2D eigenvalue weighted by atomic mass is 10.1. The monoisotopic (exact) mass is 246 g/mol. The van der Waals surface area contributed by atoms with E-state index in [0.29, 0.717) is 0 Å². The molecule has 0 spiro atoms. The predicted octanol–water partition coefficient (Wildman–Crippen LogP) is 3.17. The van der Waals surface area contributed by atoms with Crippen LogP contribution in [-0.2, 0) is 0 Å². The zero-order valence-electron chi connectivity index (χ0n) is 10.0. The number of H-pyrrole nitrogens is 1. The molecule has 90 valence electrons. The number of imidazole rings is 1. The van der Waals surface area contributed by atoms with Crippen molar-refractivity contribution in [3.8, 4) is 11.4 Å². The van der Waals surface area contributed by atoms with E-state index in [2.05, 4.69) is 26.0 Å². The lowest BCUT2D eigenvalue weighted by Gasteiger charge is -1.99. The summed E-state index contributed by atoms with van der Waals surface area (Å²) in [5, 5.41) is 1.11. The van der Waals surface area contributed by atoms with Crippen LogP contribution in [0.2, 0.25) is 0 Å². The number of hydrogen-bond donors (Lipinski definition) is 1. The predicted molar refractivity (Wildman–Crippen MR) is 74.6 cm³/mol. The van der Waals surface area contributed by atoms with Crippen molar-refractivity contribution in [2.45, 2.75) is 0 Å². The fourth-order valence-electron chi connectivity index (χ4n) is 2.20. The first-order valence-electron chi connectivity index (χ1n) is 6.06. The van der Waals surface area contributed by atoms with Crippen molar-refractivity contribution >= 4 is 22.1 Å². The van der Waals surface area contributed by atoms with Crippen molar-refractivity contribution in [1.29, 1.82) is 0 Å². The summed E-state index contributed by atoms with van der Waals surface area (Å²) in [4.78, 5) is 16.3. The normalized spacial score (nSPS) is 11.2. The van der Waals surface area contributed by atoms with E-state index in [4.69, 9.17) is 0 Å². The molecular weight excluding hydrogens is 236 g/mol. The van der Waals surface area contributed by atoms with Gasteiger partial charge in [0.2, 0.25) is 0 Å². The van der Waals surface area contributed by atoms with Crippen LogP contribution in [0.15, 0.2) is 54.9 Å². The third-order valence-corrected chi connectivity index (χ3v) is 3.13. The summed E-state index contributed by atoms with van der Waals surface area (Å²) in [5.74, 6) is 0.833. The fourth-order valence-corrected chi connectivity index (χ4v) is 2.20. The molecule has 0 aliphatic rings. The molecule has 0 aliphatic carbocycles. The van der Waals surface area contributed by atoms with Crippen LogP contribution in [0.5, 0.6) is 0 Å². The second kappa shape index (κ2) is 3.88. The van der Waals surface area contributed by atoms with E-state index < -0.39 is 0 Å². The molecule has 3 heterocycles. The minimum Gasteiger partial charge on any atom is -0.337 e. The third kappa shape index (κ3) is 1.65. The number of aromatic nitrogens is 4. The van der Waals surface area contributed by atoms with Crippen molar-refractivity contribution in [3.05, 3.63) is 54.9 Å². The van der Waals surface area contributed by atoms with Gasteiger partial charge in [-0.1, -0.05) is 6.07 Å². The number of nitrogens with zero attached hydrogens (tertiary/aromatic N) is 3. The Balaban J connectivity index is 1.93. The number of rotatable bonds is 1. The third-order valence-electron chi connectivity index (χ3n) is 3.13. The summed E-state index contributed by atoms with van der Waals surface area (Å²) >= 11 is 0. The largest absolute Gasteiger partial charge is 0.337 e. The van der Waals surface area contributed by atoms with Gasteiger partial charge >= 0.3 is 0 Å². The summed E-state index contributed by atoms with van der Waals surface area (Å²) in [7, 11) is 0. The number of fused-ring (bicyclic) bond motifs is 2. The van der Waals surface area contributed by atoms with E-state index >= 15 is 0 Å². The van der Waals surface area contributed by atoms with Gasteiger partial charge in [-0.15, -0.1) is 0 Å². The van der Waals surface area contributed by atoms with Crippen LogP contribution >= 0.6 is 0 Å². The zero-order chi connectivity index (χ0) is 12.7. The molecule has 0 unspecified atom stereocenters. The second-order valence-corrected chi connectivity index (χ2v) is 4.37. The Morgan fingerprint density at radius 3 is 2.74 bits per heavy atom. The number of hydrogen-bond acceptors (Lipinski definition) is 3. The quantitative estimate of drug-likeness (QED) is 0.561. The Kier molecular flexibility index (Phi) is 2.08. The van der Waals surface area contributed by atoms with Gasteiger partial charge in [-0.25, -0.2) is 9.97 Å². The Morgan fingerprint density at radius 1 is 0.895 bits per heavy atom. The van der Waals surface area contributed by atoms with Crippen molar-refractivity contribution < 1.29 is 0 Å². The number of aromatic amines is 1. The van der Waals surface area contributed by atoms with Crippen LogP contribution in [0.3, 0.4) is 0 Å². The number of nitrogens with one attached hydrogen (secondary N) is 1. The minimum atomic E-state index is 0.740. The fraction of sp³-hybridized carbons (Fsp3) is 0. The standard InChI is InChI=1S/C15H10N4/c1-3-10-9-11(5-6-12(10)16-7-1)14-18-13-4-2-8-17-15(13)19-14/h1-9H,(H,17,18,19). The maximum atomic E-state index is 4.50. The zero-order valence-corrected chi connectivity index (χ0v) is 10.0. The maximum absolute atomic E-state index is 4.50. The lowest BCUT2D eigenvalue weighted by molar-refractivity contribution is 1.30. The molecule has 0 atom stereocenters. The summed E-state index contributed by atoms with van der Waals surface area (Å²) in [6.07, 6.45) is 3.55. The lowest BCUT2D eigenvalue weighted by Crippen LogP contribution is -1.82. The second-order valence-electron chi connectivity index (χ2n) is 4.37. The Bertz CT molecular complexity index is 846. The molecule has 0 fully saturated rings. The molecule has 4 heteroatoms. The average Bonchev–Trinajstić information content (AvgIpc) is 2.90. The number of pyridine rings is 2. The van der Waals surface area contributed by atoms with Crippen molar-refractivity contribution in [1.82, 2.24) is 19.9 Å². The van der Waals surface area contributed by atoms with E-state index in [9.17, 15) is 0 Å². The molecule has 4 nitrogen and oxygen atoms in total. The summed E-state index contributed by atoms with van der Waals surface area (Å²) in [6.45, 7) is 0. The Hall–Kier alpha value is -2.75. The molecule has 0 saturated heterocycles. The van der Waals surface area contributed by atoms with Gasteiger partial charge in [0.25, 0.3) is 0 Å². The summed E-state index contributed by atoms with van der Waals surface area (Å²) in [6, 6.07) is 14.0. The highest BCUT2D eigenvalue weighted by molar-refractivity contribution is 5.84. The van der Waals surface area contributed by atoms with Gasteiger partial charge in [-0.05, 0) is 36.4 Å². The Morgan fingerprint density at radius 2 is 1.79 bits per heavy atom. The molecule has 0 radical (unpaired) electrons. The topological polar surface area (TPSA) is 54.5 Å². The van der Waals surface area contributed by atoms with Gasteiger partial charge in [-0.3, -0.25) is 4.98 Å². The van der Waals surface area contributed by atoms with E-state index in [-0.39, 0.29) is 0 Å². The molecule has 0 amide bonds. The molecule has 1 N–H and O–H groups in total. The van der Waals surface area contributed by atoms with E-state index in [1.807, 2.05) is 36.4 Å². The van der Waals surface area contributed by atoms with Gasteiger partial charge < -0.3 is 4.98 Å². The van der Waals surface area contributed by atoms with Crippen LogP contribution in [0.25, 0.3) is 33.5 Å². The Labute approximate surface area is 109 Å². The highest BCUT2D eigenvalue weighted by atomic mass is 15.0. The van der Waals surface area contributed by atoms with E-state index in [1.165, 1.54) is 0 Å². The summed E-state index contributed by atoms with van der Waals surface area (Å²) in [5.41, 5.74) is 3.71. The molecule has 0 saturated carbocycles. The first-order chi connectivity index (χ1) is 9.40. The molecule has 19 heavy (non-hydrogen) atoms. The molecule has 4 aromatic rings. The highest BCUT2D eigenvalue weighted by Gasteiger charge is 2.06. The minimum absolute atomic E-state index is 0.740. The van der Waals surface area contributed by atoms with Crippen LogP contribution in [0.4, 0.5) is 0 Å². The first kappa shape index (κ1) is 10.2. The van der Waals surface area contributed by atoms with Crippen LogP contribution in [0.1, 0.15) is 0 Å². The van der Waals surface area contributed by atoms with Crippen molar-refractivity contribution in [3.63, 3.8) is 0 Å². The summed E-state index contributed by atoms with van der Waals surface area (Å²) < 4.78 is 0. The number of benzene rings is 1. The molecule has 1 aromatic carbocycles. The molecule has 4 rings (SSSR count). The van der Waals surface area contributed by atoms with Gasteiger partial charge in [0.05, 0.1) is 11.0 Å². The van der Waals surface area contributed by atoms with E-state index in [1.54, 1.807) is 12.4 Å². The van der Waals surface area contributed by atoms with Crippen LogP contribution in [0, 0.1) is 0 Å². The first-order valence-corrected chi connectivity index (χ1v) is 6.06. The highest BCUT2D eigenvalue weighted by Crippen LogP contribution is 2.22. The van der Waals surface area contributed by atoms with Gasteiger partial charge in [-0.2, -0.15) is 0 Å². The average molecular weight is 246 g/mol. The van der Waals surface area contributed by atoms with Gasteiger partial charge in [0.1, 0.15) is 5.82 Å². The van der Waals surface area contributed by atoms with Crippen LogP contribution in [-0.4, -0.2) is 19.9 Å². The van der Waals surface area contributed by atoms with E-state index in [0.717, 1.165) is 33.5 Å². The van der Waals surface area contributed by atoms with Gasteiger partial charge in [0.15, 0.2) is 5.65 Å².